The first kappa shape index (κ1) is 17.4. The molecule has 0 unspecified atom stereocenters. The molecule has 1 aliphatic carbocycles. The molecule has 0 bridgehead atoms. The van der Waals surface area contributed by atoms with Crippen molar-refractivity contribution in [3.05, 3.63) is 82.6 Å². The van der Waals surface area contributed by atoms with Crippen LogP contribution in [0.15, 0.2) is 65.9 Å². The van der Waals surface area contributed by atoms with Crippen LogP contribution in [0.4, 0.5) is 0 Å². The summed E-state index contributed by atoms with van der Waals surface area (Å²) in [6, 6.07) is 15.8. The van der Waals surface area contributed by atoms with Crippen molar-refractivity contribution in [3.8, 4) is 0 Å². The van der Waals surface area contributed by atoms with Gasteiger partial charge in [-0.1, -0.05) is 54.6 Å². The van der Waals surface area contributed by atoms with Gasteiger partial charge in [0, 0.05) is 5.56 Å². The van der Waals surface area contributed by atoms with E-state index in [1.807, 2.05) is 6.07 Å². The van der Waals surface area contributed by atoms with E-state index in [2.05, 4.69) is 5.32 Å². The lowest BCUT2D eigenvalue weighted by atomic mass is 9.67. The Kier molecular flexibility index (Phi) is 4.34. The molecule has 2 aromatic carbocycles. The molecule has 0 aromatic heterocycles. The Morgan fingerprint density at radius 2 is 1.65 bits per heavy atom. The molecule has 0 heterocycles. The molecule has 3 N–H and O–H groups in total. The third-order valence-electron chi connectivity index (χ3n) is 4.63. The Bertz CT molecular complexity index is 932. The first-order valence-corrected chi connectivity index (χ1v) is 8.00. The van der Waals surface area contributed by atoms with Crippen LogP contribution in [0, 0.1) is 0 Å². The number of nitrogens with one attached hydrogen (secondary N) is 1. The Hall–Kier alpha value is -3.41. The highest BCUT2D eigenvalue weighted by atomic mass is 16.4. The summed E-state index contributed by atoms with van der Waals surface area (Å²) in [7, 11) is 0. The molecule has 2 aromatic rings. The maximum atomic E-state index is 12.8. The minimum Gasteiger partial charge on any atom is -0.510 e. The van der Waals surface area contributed by atoms with Crippen molar-refractivity contribution in [2.75, 3.05) is 6.54 Å². The van der Waals surface area contributed by atoms with Crippen LogP contribution in [-0.4, -0.2) is 34.4 Å². The second-order valence-electron chi connectivity index (χ2n) is 6.17. The first-order chi connectivity index (χ1) is 12.4. The van der Waals surface area contributed by atoms with Crippen LogP contribution in [0.5, 0.6) is 0 Å². The lowest BCUT2D eigenvalue weighted by molar-refractivity contribution is -0.137. The van der Waals surface area contributed by atoms with Crippen molar-refractivity contribution in [3.63, 3.8) is 0 Å². The number of amides is 1. The van der Waals surface area contributed by atoms with Crippen molar-refractivity contribution in [1.29, 1.82) is 0 Å². The second-order valence-corrected chi connectivity index (χ2v) is 6.17. The molecule has 6 heteroatoms. The van der Waals surface area contributed by atoms with E-state index in [0.29, 0.717) is 16.7 Å². The van der Waals surface area contributed by atoms with Crippen LogP contribution in [-0.2, 0) is 15.0 Å². The molecule has 1 amide bonds. The zero-order valence-corrected chi connectivity index (χ0v) is 14.0. The number of carbonyl (C=O) groups is 3. The maximum Gasteiger partial charge on any atom is 0.322 e. The van der Waals surface area contributed by atoms with E-state index in [1.54, 1.807) is 55.5 Å². The van der Waals surface area contributed by atoms with Gasteiger partial charge in [-0.15, -0.1) is 0 Å². The summed E-state index contributed by atoms with van der Waals surface area (Å²) in [5.41, 5.74) is 0.0553. The van der Waals surface area contributed by atoms with Crippen LogP contribution < -0.4 is 5.32 Å². The lowest BCUT2D eigenvalue weighted by Crippen LogP contribution is -2.41. The number of ketones is 1. The van der Waals surface area contributed by atoms with Gasteiger partial charge in [-0.2, -0.15) is 0 Å². The van der Waals surface area contributed by atoms with E-state index in [1.165, 1.54) is 0 Å². The minimum atomic E-state index is -1.24. The van der Waals surface area contributed by atoms with Crippen LogP contribution in [0.1, 0.15) is 28.4 Å². The van der Waals surface area contributed by atoms with Crippen molar-refractivity contribution in [2.24, 2.45) is 0 Å². The van der Waals surface area contributed by atoms with Gasteiger partial charge in [0.15, 0.2) is 0 Å². The monoisotopic (exact) mass is 351 g/mol. The molecule has 0 spiro atoms. The van der Waals surface area contributed by atoms with E-state index in [-0.39, 0.29) is 0 Å². The van der Waals surface area contributed by atoms with Crippen molar-refractivity contribution < 1.29 is 24.6 Å². The zero-order valence-electron chi connectivity index (χ0n) is 14.0. The van der Waals surface area contributed by atoms with Gasteiger partial charge in [-0.3, -0.25) is 14.4 Å². The van der Waals surface area contributed by atoms with Gasteiger partial charge in [0.25, 0.3) is 5.91 Å². The Morgan fingerprint density at radius 3 is 2.31 bits per heavy atom. The summed E-state index contributed by atoms with van der Waals surface area (Å²) in [4.78, 5) is 36.0. The SMILES string of the molecule is C[C@@]1(c2ccccc2)C(O)=C(C(=O)NCC(=O)O)C(=O)c2ccccc21. The number of hydrogen-bond acceptors (Lipinski definition) is 4. The Morgan fingerprint density at radius 1 is 1.04 bits per heavy atom. The summed E-state index contributed by atoms with van der Waals surface area (Å²) >= 11 is 0. The molecule has 0 aliphatic heterocycles. The fraction of sp³-hybridized carbons (Fsp3) is 0.150. The number of rotatable bonds is 4. The number of aliphatic carboxylic acids is 1. The number of allylic oxidation sites excluding steroid dienone is 1. The minimum absolute atomic E-state index is 0.303. The molecule has 0 fully saturated rings. The van der Waals surface area contributed by atoms with Gasteiger partial charge in [0.05, 0.1) is 5.41 Å². The van der Waals surface area contributed by atoms with E-state index in [9.17, 15) is 19.5 Å². The predicted molar refractivity (Wildman–Crippen MR) is 94.0 cm³/mol. The van der Waals surface area contributed by atoms with E-state index in [0.717, 1.165) is 0 Å². The quantitative estimate of drug-likeness (QED) is 0.733. The fourth-order valence-corrected chi connectivity index (χ4v) is 3.26. The summed E-state index contributed by atoms with van der Waals surface area (Å²) in [6.07, 6.45) is 0. The van der Waals surface area contributed by atoms with Crippen molar-refractivity contribution in [1.82, 2.24) is 5.32 Å². The number of Topliss-reactive ketones (excluding diaryl/α,β-unsaturated/α-hetero) is 1. The zero-order chi connectivity index (χ0) is 18.9. The molecular formula is C20H17NO5. The molecule has 0 radical (unpaired) electrons. The number of hydrogen-bond donors (Lipinski definition) is 3. The second kappa shape index (κ2) is 6.48. The first-order valence-electron chi connectivity index (χ1n) is 8.00. The summed E-state index contributed by atoms with van der Waals surface area (Å²) in [5.74, 6) is -3.18. The standard InChI is InChI=1S/C20H17NO5/c1-20(12-7-3-2-4-8-12)14-10-6-5-9-13(14)17(24)16(18(20)25)19(26)21-11-15(22)23/h2-10,25H,11H2,1H3,(H,21,26)(H,22,23)/t20-/m0/s1. The number of carboxylic acid groups (broad SMARTS) is 1. The smallest absolute Gasteiger partial charge is 0.322 e. The molecule has 26 heavy (non-hydrogen) atoms. The fourth-order valence-electron chi connectivity index (χ4n) is 3.26. The van der Waals surface area contributed by atoms with E-state index >= 15 is 0 Å². The van der Waals surface area contributed by atoms with Crippen LogP contribution >= 0.6 is 0 Å². The lowest BCUT2D eigenvalue weighted by Gasteiger charge is -2.36. The topological polar surface area (TPSA) is 104 Å². The average molecular weight is 351 g/mol. The molecule has 6 nitrogen and oxygen atoms in total. The molecule has 1 atom stereocenters. The number of aliphatic hydroxyl groups excluding tert-OH is 1. The van der Waals surface area contributed by atoms with Crippen LogP contribution in [0.3, 0.4) is 0 Å². The maximum absolute atomic E-state index is 12.8. The van der Waals surface area contributed by atoms with Crippen LogP contribution in [0.2, 0.25) is 0 Å². The van der Waals surface area contributed by atoms with Crippen molar-refractivity contribution >= 4 is 17.7 Å². The van der Waals surface area contributed by atoms with Gasteiger partial charge >= 0.3 is 5.97 Å². The van der Waals surface area contributed by atoms with Gasteiger partial charge in [-0.25, -0.2) is 0 Å². The number of fused-ring (bicyclic) bond motifs is 1. The summed E-state index contributed by atoms with van der Waals surface area (Å²) < 4.78 is 0. The highest BCUT2D eigenvalue weighted by Crippen LogP contribution is 2.44. The van der Waals surface area contributed by atoms with Gasteiger partial charge in [-0.05, 0) is 18.1 Å². The third kappa shape index (κ3) is 2.65. The van der Waals surface area contributed by atoms with E-state index in [4.69, 9.17) is 5.11 Å². The molecule has 132 valence electrons. The molecular weight excluding hydrogens is 334 g/mol. The third-order valence-corrected chi connectivity index (χ3v) is 4.63. The normalized spacial score (nSPS) is 19.0. The Balaban J connectivity index is 2.22. The molecule has 1 aliphatic rings. The summed E-state index contributed by atoms with van der Waals surface area (Å²) in [5, 5.41) is 21.9. The van der Waals surface area contributed by atoms with Gasteiger partial charge in [0.1, 0.15) is 17.9 Å². The highest BCUT2D eigenvalue weighted by molar-refractivity contribution is 6.28. The largest absolute Gasteiger partial charge is 0.510 e. The van der Waals surface area contributed by atoms with Crippen LogP contribution in [0.25, 0.3) is 0 Å². The molecule has 0 saturated carbocycles. The number of benzene rings is 2. The van der Waals surface area contributed by atoms with Gasteiger partial charge < -0.3 is 15.5 Å². The number of carbonyl (C=O) groups excluding carboxylic acids is 2. The highest BCUT2D eigenvalue weighted by Gasteiger charge is 2.45. The average Bonchev–Trinajstić information content (AvgIpc) is 2.65. The van der Waals surface area contributed by atoms with E-state index < -0.39 is 41.0 Å². The van der Waals surface area contributed by atoms with Gasteiger partial charge in [0.2, 0.25) is 5.78 Å². The molecule has 0 saturated heterocycles. The number of carboxylic acids is 1. The Labute approximate surface area is 149 Å². The van der Waals surface area contributed by atoms with Crippen molar-refractivity contribution in [2.45, 2.75) is 12.3 Å². The molecule has 3 rings (SSSR count). The summed E-state index contributed by atoms with van der Waals surface area (Å²) in [6.45, 7) is 1.08. The predicted octanol–water partition coefficient (Wildman–Crippen LogP) is 2.20. The number of aliphatic hydroxyl groups is 1.